The van der Waals surface area contributed by atoms with Gasteiger partial charge in [-0.2, -0.15) is 0 Å². The van der Waals surface area contributed by atoms with Crippen LogP contribution in [0.3, 0.4) is 0 Å². The van der Waals surface area contributed by atoms with Crippen molar-refractivity contribution in [1.29, 1.82) is 0 Å². The first-order valence-corrected chi connectivity index (χ1v) is 6.17. The Hall–Kier alpha value is -1.90. The van der Waals surface area contributed by atoms with Crippen molar-refractivity contribution in [2.45, 2.75) is 32.8 Å². The Labute approximate surface area is 108 Å². The van der Waals surface area contributed by atoms with Gasteiger partial charge in [0.15, 0.2) is 0 Å². The standard InChI is InChI=1S/C15H18N2O/c1-4-15(2,3)18-12-8-9-14(17-11-12)13-7-5-6-10-16-13/h5-11H,4H2,1-3H3. The van der Waals surface area contributed by atoms with Crippen molar-refractivity contribution in [3.05, 3.63) is 42.7 Å². The lowest BCUT2D eigenvalue weighted by molar-refractivity contribution is 0.105. The molecule has 0 aromatic carbocycles. The van der Waals surface area contributed by atoms with Crippen LogP contribution in [-0.2, 0) is 0 Å². The molecule has 0 fully saturated rings. The number of nitrogens with zero attached hydrogens (tertiary/aromatic N) is 2. The molecule has 0 bridgehead atoms. The Balaban J connectivity index is 2.16. The average Bonchev–Trinajstić information content (AvgIpc) is 2.40. The van der Waals surface area contributed by atoms with Gasteiger partial charge in [0.25, 0.3) is 0 Å². The van der Waals surface area contributed by atoms with Gasteiger partial charge in [-0.25, -0.2) is 0 Å². The molecule has 0 aliphatic carbocycles. The van der Waals surface area contributed by atoms with Crippen molar-refractivity contribution in [3.63, 3.8) is 0 Å². The van der Waals surface area contributed by atoms with Crippen LogP contribution < -0.4 is 4.74 Å². The van der Waals surface area contributed by atoms with Crippen LogP contribution in [0, 0.1) is 0 Å². The first-order chi connectivity index (χ1) is 8.61. The number of rotatable bonds is 4. The monoisotopic (exact) mass is 242 g/mol. The molecule has 18 heavy (non-hydrogen) atoms. The van der Waals surface area contributed by atoms with Crippen molar-refractivity contribution < 1.29 is 4.74 Å². The van der Waals surface area contributed by atoms with Gasteiger partial charge in [-0.05, 0) is 44.5 Å². The van der Waals surface area contributed by atoms with Gasteiger partial charge in [-0.3, -0.25) is 9.97 Å². The van der Waals surface area contributed by atoms with E-state index in [1.54, 1.807) is 12.4 Å². The van der Waals surface area contributed by atoms with Crippen LogP contribution in [0.15, 0.2) is 42.7 Å². The van der Waals surface area contributed by atoms with Crippen molar-refractivity contribution in [2.75, 3.05) is 0 Å². The number of hydrogen-bond acceptors (Lipinski definition) is 3. The minimum absolute atomic E-state index is 0.159. The van der Waals surface area contributed by atoms with Gasteiger partial charge in [-0.1, -0.05) is 13.0 Å². The van der Waals surface area contributed by atoms with Crippen molar-refractivity contribution in [3.8, 4) is 17.1 Å². The molecule has 3 nitrogen and oxygen atoms in total. The highest BCUT2D eigenvalue weighted by Crippen LogP contribution is 2.22. The highest BCUT2D eigenvalue weighted by molar-refractivity contribution is 5.53. The van der Waals surface area contributed by atoms with E-state index in [9.17, 15) is 0 Å². The van der Waals surface area contributed by atoms with Gasteiger partial charge in [0, 0.05) is 6.20 Å². The second-order valence-corrected chi connectivity index (χ2v) is 4.81. The first kappa shape index (κ1) is 12.6. The third-order valence-electron chi connectivity index (χ3n) is 2.91. The fourth-order valence-corrected chi connectivity index (χ4v) is 1.50. The summed E-state index contributed by atoms with van der Waals surface area (Å²) in [5.41, 5.74) is 1.57. The molecule has 0 N–H and O–H groups in total. The smallest absolute Gasteiger partial charge is 0.138 e. The first-order valence-electron chi connectivity index (χ1n) is 6.17. The number of hydrogen-bond donors (Lipinski definition) is 0. The third kappa shape index (κ3) is 3.06. The van der Waals surface area contributed by atoms with E-state index >= 15 is 0 Å². The Morgan fingerprint density at radius 3 is 2.39 bits per heavy atom. The summed E-state index contributed by atoms with van der Waals surface area (Å²) in [4.78, 5) is 8.65. The highest BCUT2D eigenvalue weighted by atomic mass is 16.5. The SMILES string of the molecule is CCC(C)(C)Oc1ccc(-c2ccccn2)nc1. The molecule has 0 aliphatic heterocycles. The Bertz CT molecular complexity index is 492. The predicted octanol–water partition coefficient (Wildman–Crippen LogP) is 3.71. The Morgan fingerprint density at radius 2 is 1.83 bits per heavy atom. The van der Waals surface area contributed by atoms with Gasteiger partial charge in [0.1, 0.15) is 11.4 Å². The zero-order valence-corrected chi connectivity index (χ0v) is 11.1. The summed E-state index contributed by atoms with van der Waals surface area (Å²) in [7, 11) is 0. The van der Waals surface area contributed by atoms with Gasteiger partial charge < -0.3 is 4.74 Å². The van der Waals surface area contributed by atoms with Crippen molar-refractivity contribution in [2.24, 2.45) is 0 Å². The van der Waals surface area contributed by atoms with E-state index in [0.717, 1.165) is 23.6 Å². The molecule has 0 radical (unpaired) electrons. The van der Waals surface area contributed by atoms with E-state index in [-0.39, 0.29) is 5.60 Å². The normalized spacial score (nSPS) is 11.3. The minimum Gasteiger partial charge on any atom is -0.486 e. The fraction of sp³-hybridized carbons (Fsp3) is 0.333. The molecular formula is C15H18N2O. The van der Waals surface area contributed by atoms with E-state index in [0.29, 0.717) is 0 Å². The maximum atomic E-state index is 5.86. The maximum absolute atomic E-state index is 5.86. The molecule has 0 spiro atoms. The van der Waals surface area contributed by atoms with E-state index in [2.05, 4.69) is 30.7 Å². The highest BCUT2D eigenvalue weighted by Gasteiger charge is 2.16. The van der Waals surface area contributed by atoms with Crippen LogP contribution in [0.25, 0.3) is 11.4 Å². The minimum atomic E-state index is -0.159. The van der Waals surface area contributed by atoms with Crippen LogP contribution >= 0.6 is 0 Å². The van der Waals surface area contributed by atoms with Crippen LogP contribution in [0.1, 0.15) is 27.2 Å². The summed E-state index contributed by atoms with van der Waals surface area (Å²) in [6.45, 7) is 6.25. The number of ether oxygens (including phenoxy) is 1. The summed E-state index contributed by atoms with van der Waals surface area (Å²) in [5, 5.41) is 0. The lowest BCUT2D eigenvalue weighted by Gasteiger charge is -2.24. The van der Waals surface area contributed by atoms with Gasteiger partial charge in [0.05, 0.1) is 17.6 Å². The Morgan fingerprint density at radius 1 is 1.06 bits per heavy atom. The fourth-order valence-electron chi connectivity index (χ4n) is 1.50. The summed E-state index contributed by atoms with van der Waals surface area (Å²) in [6, 6.07) is 9.66. The quantitative estimate of drug-likeness (QED) is 0.819. The maximum Gasteiger partial charge on any atom is 0.138 e. The van der Waals surface area contributed by atoms with Gasteiger partial charge >= 0.3 is 0 Å². The molecule has 0 aliphatic rings. The van der Waals surface area contributed by atoms with Crippen LogP contribution in [0.5, 0.6) is 5.75 Å². The third-order valence-corrected chi connectivity index (χ3v) is 2.91. The summed E-state index contributed by atoms with van der Waals surface area (Å²) in [5.74, 6) is 0.793. The molecule has 2 aromatic heterocycles. The van der Waals surface area contributed by atoms with E-state index in [4.69, 9.17) is 4.74 Å². The lowest BCUT2D eigenvalue weighted by Crippen LogP contribution is -2.26. The van der Waals surface area contributed by atoms with E-state index in [1.165, 1.54) is 0 Å². The van der Waals surface area contributed by atoms with E-state index in [1.807, 2.05) is 30.3 Å². The molecular weight excluding hydrogens is 224 g/mol. The van der Waals surface area contributed by atoms with Crippen LogP contribution in [-0.4, -0.2) is 15.6 Å². The molecule has 0 saturated heterocycles. The molecule has 94 valence electrons. The van der Waals surface area contributed by atoms with Gasteiger partial charge in [-0.15, -0.1) is 0 Å². The molecule has 2 aromatic rings. The lowest BCUT2D eigenvalue weighted by atomic mass is 10.1. The molecule has 0 unspecified atom stereocenters. The zero-order valence-electron chi connectivity index (χ0n) is 11.1. The van der Waals surface area contributed by atoms with E-state index < -0.39 is 0 Å². The molecule has 0 saturated carbocycles. The largest absolute Gasteiger partial charge is 0.486 e. The molecule has 2 rings (SSSR count). The number of aromatic nitrogens is 2. The second kappa shape index (κ2) is 5.17. The molecule has 0 amide bonds. The molecule has 3 heteroatoms. The zero-order chi connectivity index (χ0) is 13.0. The van der Waals surface area contributed by atoms with Crippen LogP contribution in [0.2, 0.25) is 0 Å². The topological polar surface area (TPSA) is 35.0 Å². The second-order valence-electron chi connectivity index (χ2n) is 4.81. The average molecular weight is 242 g/mol. The van der Waals surface area contributed by atoms with Crippen molar-refractivity contribution in [1.82, 2.24) is 9.97 Å². The molecule has 0 atom stereocenters. The molecule has 2 heterocycles. The Kier molecular flexibility index (Phi) is 3.60. The van der Waals surface area contributed by atoms with Gasteiger partial charge in [0.2, 0.25) is 0 Å². The van der Waals surface area contributed by atoms with Crippen LogP contribution in [0.4, 0.5) is 0 Å². The predicted molar refractivity (Wildman–Crippen MR) is 72.5 cm³/mol. The summed E-state index contributed by atoms with van der Waals surface area (Å²) < 4.78 is 5.86. The summed E-state index contributed by atoms with van der Waals surface area (Å²) in [6.07, 6.45) is 4.47. The number of pyridine rings is 2. The van der Waals surface area contributed by atoms with Crippen molar-refractivity contribution >= 4 is 0 Å². The summed E-state index contributed by atoms with van der Waals surface area (Å²) >= 11 is 0.